The molecule has 2 aromatic rings. The summed E-state index contributed by atoms with van der Waals surface area (Å²) >= 11 is 6.31. The number of amides is 1. The van der Waals surface area contributed by atoms with E-state index < -0.39 is 11.2 Å². The molecule has 2 aromatic heterocycles. The number of aromatic nitrogens is 3. The number of aryl methyl sites for hydroxylation is 1. The molecular weight excluding hydrogens is 392 g/mol. The molecule has 0 spiro atoms. The van der Waals surface area contributed by atoms with E-state index in [0.29, 0.717) is 11.4 Å². The minimum atomic E-state index is -0.894. The highest BCUT2D eigenvalue weighted by atomic mass is 35.5. The maximum Gasteiger partial charge on any atom is 0.276 e. The van der Waals surface area contributed by atoms with Gasteiger partial charge in [0, 0.05) is 6.21 Å². The number of anilines is 2. The van der Waals surface area contributed by atoms with Crippen molar-refractivity contribution in [2.75, 3.05) is 5.32 Å². The van der Waals surface area contributed by atoms with E-state index in [1.165, 1.54) is 42.4 Å². The van der Waals surface area contributed by atoms with Crippen LogP contribution >= 0.6 is 11.6 Å². The highest BCUT2D eigenvalue weighted by Gasteiger charge is 2.38. The minimum absolute atomic E-state index is 0.142. The Balaban J connectivity index is 1.70. The molecule has 4 rings (SSSR count). The van der Waals surface area contributed by atoms with Crippen LogP contribution in [0, 0.1) is 11.3 Å². The van der Waals surface area contributed by atoms with E-state index in [0.717, 1.165) is 24.5 Å². The minimum Gasteiger partial charge on any atom is -0.335 e. The maximum absolute atomic E-state index is 13.1. The fourth-order valence-corrected chi connectivity index (χ4v) is 4.22. The lowest BCUT2D eigenvalue weighted by Crippen LogP contribution is -2.42. The molecule has 0 unspecified atom stereocenters. The molecule has 0 bridgehead atoms. The number of pyridine rings is 1. The molecule has 3 N–H and O–H groups in total. The first-order chi connectivity index (χ1) is 13.8. The van der Waals surface area contributed by atoms with Crippen LogP contribution in [0.3, 0.4) is 0 Å². The van der Waals surface area contributed by atoms with Crippen molar-refractivity contribution in [3.05, 3.63) is 44.7 Å². The summed E-state index contributed by atoms with van der Waals surface area (Å²) in [6, 6.07) is 1.43. The van der Waals surface area contributed by atoms with Gasteiger partial charge >= 0.3 is 0 Å². The summed E-state index contributed by atoms with van der Waals surface area (Å²) in [6.07, 6.45) is 8.24. The van der Waals surface area contributed by atoms with Crippen LogP contribution in [-0.2, 0) is 12.1 Å². The molecule has 29 heavy (non-hydrogen) atoms. The van der Waals surface area contributed by atoms with Gasteiger partial charge in [0.05, 0.1) is 16.3 Å². The number of hydrogen-bond donors (Lipinski definition) is 3. The first-order valence-corrected chi connectivity index (χ1v) is 10.1. The van der Waals surface area contributed by atoms with Gasteiger partial charge in [0.15, 0.2) is 0 Å². The summed E-state index contributed by atoms with van der Waals surface area (Å²) in [7, 11) is 0. The highest BCUT2D eigenvalue weighted by Crippen LogP contribution is 2.32. The van der Waals surface area contributed by atoms with Gasteiger partial charge in [-0.15, -0.1) is 0 Å². The van der Waals surface area contributed by atoms with E-state index in [1.54, 1.807) is 13.8 Å². The summed E-state index contributed by atoms with van der Waals surface area (Å²) in [4.78, 5) is 33.9. The maximum atomic E-state index is 13.1. The van der Waals surface area contributed by atoms with Gasteiger partial charge < -0.3 is 16.0 Å². The van der Waals surface area contributed by atoms with E-state index >= 15 is 0 Å². The third kappa shape index (κ3) is 3.42. The number of carbonyl (C=O) groups is 1. The molecule has 0 saturated heterocycles. The quantitative estimate of drug-likeness (QED) is 0.628. The molecule has 1 fully saturated rings. The molecule has 1 saturated carbocycles. The van der Waals surface area contributed by atoms with Gasteiger partial charge in [0.1, 0.15) is 29.2 Å². The van der Waals surface area contributed by atoms with Gasteiger partial charge in [-0.3, -0.25) is 14.2 Å². The number of fused-ring (bicyclic) bond motifs is 1. The second kappa shape index (κ2) is 7.26. The number of nitrogens with zero attached hydrogens (tertiary/aromatic N) is 3. The lowest BCUT2D eigenvalue weighted by atomic mass is 9.81. The standard InChI is InChI=1S/C20H23ClN6O2/c1-20(2)26-18(28)16-13(21)8-15(19(29)27(16)20)25-17-12(9-22)14(23-10-24-17)7-6-11-4-3-5-11/h8-11,22H,3-7H2,1-2H3,(H,26,28)(H,23,24,25). The molecule has 0 radical (unpaired) electrons. The van der Waals surface area contributed by atoms with Crippen LogP contribution in [0.25, 0.3) is 0 Å². The van der Waals surface area contributed by atoms with Crippen LogP contribution in [0.5, 0.6) is 0 Å². The first-order valence-electron chi connectivity index (χ1n) is 9.71. The van der Waals surface area contributed by atoms with Crippen molar-refractivity contribution >= 4 is 35.2 Å². The van der Waals surface area contributed by atoms with Crippen LogP contribution in [0.1, 0.15) is 61.3 Å². The van der Waals surface area contributed by atoms with Crippen molar-refractivity contribution in [1.29, 1.82) is 5.41 Å². The Morgan fingerprint density at radius 2 is 2.14 bits per heavy atom. The number of carbonyl (C=O) groups excluding carboxylic acids is 1. The van der Waals surface area contributed by atoms with Crippen LogP contribution in [0.2, 0.25) is 5.02 Å². The lowest BCUT2D eigenvalue weighted by molar-refractivity contribution is 0.0935. The zero-order valence-electron chi connectivity index (χ0n) is 16.4. The van der Waals surface area contributed by atoms with Crippen molar-refractivity contribution in [3.8, 4) is 0 Å². The molecule has 1 aliphatic heterocycles. The topological polar surface area (TPSA) is 113 Å². The fraction of sp³-hybridized carbons (Fsp3) is 0.450. The van der Waals surface area contributed by atoms with Crippen LogP contribution in [0.15, 0.2) is 17.2 Å². The molecule has 8 nitrogen and oxygen atoms in total. The Kier molecular flexibility index (Phi) is 4.90. The zero-order valence-corrected chi connectivity index (χ0v) is 17.1. The third-order valence-corrected chi connectivity index (χ3v) is 6.01. The molecule has 1 amide bonds. The summed E-state index contributed by atoms with van der Waals surface area (Å²) in [5.41, 5.74) is 0.390. The van der Waals surface area contributed by atoms with Crippen molar-refractivity contribution < 1.29 is 4.79 Å². The molecule has 1 aliphatic carbocycles. The van der Waals surface area contributed by atoms with Gasteiger partial charge in [0.2, 0.25) is 0 Å². The average molecular weight is 415 g/mol. The molecule has 2 aliphatic rings. The SMILES string of the molecule is CC1(C)NC(=O)c2c(Cl)cc(Nc3ncnc(CCC4CCC4)c3C=N)c(=O)n21. The van der Waals surface area contributed by atoms with Crippen molar-refractivity contribution in [2.45, 2.75) is 51.6 Å². The van der Waals surface area contributed by atoms with Crippen molar-refractivity contribution in [3.63, 3.8) is 0 Å². The van der Waals surface area contributed by atoms with Gasteiger partial charge in [-0.1, -0.05) is 30.9 Å². The highest BCUT2D eigenvalue weighted by molar-refractivity contribution is 6.34. The van der Waals surface area contributed by atoms with Gasteiger partial charge in [-0.25, -0.2) is 9.97 Å². The Hall–Kier alpha value is -2.74. The Morgan fingerprint density at radius 1 is 1.38 bits per heavy atom. The largest absolute Gasteiger partial charge is 0.335 e. The Bertz CT molecular complexity index is 1060. The van der Waals surface area contributed by atoms with Crippen LogP contribution < -0.4 is 16.2 Å². The lowest BCUT2D eigenvalue weighted by Gasteiger charge is -2.25. The monoisotopic (exact) mass is 414 g/mol. The number of rotatable bonds is 6. The normalized spacial score (nSPS) is 17.4. The van der Waals surface area contributed by atoms with Gasteiger partial charge in [-0.05, 0) is 38.7 Å². The van der Waals surface area contributed by atoms with E-state index in [-0.39, 0.29) is 22.3 Å². The summed E-state index contributed by atoms with van der Waals surface area (Å²) < 4.78 is 1.35. The predicted molar refractivity (Wildman–Crippen MR) is 111 cm³/mol. The van der Waals surface area contributed by atoms with Crippen molar-refractivity contribution in [2.24, 2.45) is 5.92 Å². The van der Waals surface area contributed by atoms with E-state index in [2.05, 4.69) is 20.6 Å². The third-order valence-electron chi connectivity index (χ3n) is 5.73. The predicted octanol–water partition coefficient (Wildman–Crippen LogP) is 3.20. The number of nitrogens with one attached hydrogen (secondary N) is 3. The second-order valence-corrected chi connectivity index (χ2v) is 8.50. The fourth-order valence-electron chi connectivity index (χ4n) is 3.94. The van der Waals surface area contributed by atoms with Crippen LogP contribution in [-0.4, -0.2) is 26.7 Å². The average Bonchev–Trinajstić information content (AvgIpc) is 2.87. The smallest absolute Gasteiger partial charge is 0.276 e. The molecule has 0 aromatic carbocycles. The van der Waals surface area contributed by atoms with Crippen LogP contribution in [0.4, 0.5) is 11.5 Å². The number of halogens is 1. The number of hydrogen-bond acceptors (Lipinski definition) is 6. The summed E-state index contributed by atoms with van der Waals surface area (Å²) in [5.74, 6) is 0.721. The molecule has 3 heterocycles. The Morgan fingerprint density at radius 3 is 2.79 bits per heavy atom. The molecule has 152 valence electrons. The summed E-state index contributed by atoms with van der Waals surface area (Å²) in [5, 5.41) is 13.8. The molecule has 0 atom stereocenters. The summed E-state index contributed by atoms with van der Waals surface area (Å²) in [6.45, 7) is 3.46. The second-order valence-electron chi connectivity index (χ2n) is 8.10. The Labute approximate surface area is 173 Å². The van der Waals surface area contributed by atoms with E-state index in [4.69, 9.17) is 17.0 Å². The first kappa shape index (κ1) is 19.6. The van der Waals surface area contributed by atoms with E-state index in [1.807, 2.05) is 0 Å². The van der Waals surface area contributed by atoms with Gasteiger partial charge in [0.25, 0.3) is 11.5 Å². The van der Waals surface area contributed by atoms with Crippen molar-refractivity contribution in [1.82, 2.24) is 19.9 Å². The van der Waals surface area contributed by atoms with Gasteiger partial charge in [-0.2, -0.15) is 0 Å². The molecule has 9 heteroatoms. The van der Waals surface area contributed by atoms with E-state index in [9.17, 15) is 9.59 Å². The molecular formula is C20H23ClN6O2. The zero-order chi connectivity index (χ0) is 20.8.